The predicted molar refractivity (Wildman–Crippen MR) is 113 cm³/mol. The molecular formula is C21H23N7O2. The summed E-state index contributed by atoms with van der Waals surface area (Å²) in [6.07, 6.45) is 6.96. The molecule has 0 aliphatic carbocycles. The normalized spacial score (nSPS) is 11.1. The smallest absolute Gasteiger partial charge is 0.341 e. The Hall–Kier alpha value is -3.75. The number of imidazole rings is 1. The Labute approximate surface area is 173 Å². The summed E-state index contributed by atoms with van der Waals surface area (Å²) in [4.78, 5) is 25.7. The van der Waals surface area contributed by atoms with Gasteiger partial charge in [0.25, 0.3) is 0 Å². The van der Waals surface area contributed by atoms with Gasteiger partial charge in [0.2, 0.25) is 0 Å². The molecule has 4 aromatic heterocycles. The van der Waals surface area contributed by atoms with E-state index in [1.54, 1.807) is 24.0 Å². The number of anilines is 1. The molecule has 30 heavy (non-hydrogen) atoms. The topological polar surface area (TPSA) is 99.8 Å². The van der Waals surface area contributed by atoms with Crippen molar-refractivity contribution in [1.82, 2.24) is 29.3 Å². The minimum atomic E-state index is -0.415. The Morgan fingerprint density at radius 1 is 1.17 bits per heavy atom. The van der Waals surface area contributed by atoms with Crippen LogP contribution in [0, 0.1) is 13.8 Å². The van der Waals surface area contributed by atoms with Crippen LogP contribution in [0.2, 0.25) is 0 Å². The van der Waals surface area contributed by atoms with E-state index in [2.05, 4.69) is 25.4 Å². The van der Waals surface area contributed by atoms with Gasteiger partial charge in [-0.1, -0.05) is 6.07 Å². The molecule has 0 bridgehead atoms. The fourth-order valence-electron chi connectivity index (χ4n) is 3.43. The van der Waals surface area contributed by atoms with Gasteiger partial charge >= 0.3 is 5.97 Å². The van der Waals surface area contributed by atoms with Crippen molar-refractivity contribution < 1.29 is 9.53 Å². The van der Waals surface area contributed by atoms with E-state index < -0.39 is 5.97 Å². The second kappa shape index (κ2) is 7.94. The number of aryl methyl sites for hydroxylation is 3. The highest BCUT2D eigenvalue weighted by Gasteiger charge is 2.20. The summed E-state index contributed by atoms with van der Waals surface area (Å²) in [5.74, 6) is 1.26. The van der Waals surface area contributed by atoms with Crippen molar-refractivity contribution >= 4 is 22.7 Å². The average molecular weight is 405 g/mol. The molecule has 0 saturated carbocycles. The van der Waals surface area contributed by atoms with Crippen LogP contribution in [0.1, 0.15) is 34.4 Å². The summed E-state index contributed by atoms with van der Waals surface area (Å²) in [5, 5.41) is 8.63. The number of hydrogen-bond donors (Lipinski definition) is 1. The number of ether oxygens (including phenoxy) is 1. The molecule has 0 saturated heterocycles. The first-order valence-electron chi connectivity index (χ1n) is 9.68. The largest absolute Gasteiger partial charge is 0.462 e. The van der Waals surface area contributed by atoms with Gasteiger partial charge in [-0.05, 0) is 32.4 Å². The van der Waals surface area contributed by atoms with Gasteiger partial charge in [0.1, 0.15) is 17.2 Å². The Balaban J connectivity index is 1.65. The molecule has 1 N–H and O–H groups in total. The SMILES string of the molecule is CCOC(=O)c1cnc2c(c(C)nn2C)c1NCc1ccc(-n2ccnc2C)nc1. The number of hydrogen-bond acceptors (Lipinski definition) is 7. The zero-order valence-corrected chi connectivity index (χ0v) is 17.4. The van der Waals surface area contributed by atoms with Crippen molar-refractivity contribution in [3.63, 3.8) is 0 Å². The zero-order valence-electron chi connectivity index (χ0n) is 17.4. The van der Waals surface area contributed by atoms with Crippen LogP contribution in [0.5, 0.6) is 0 Å². The third-order valence-corrected chi connectivity index (χ3v) is 4.87. The van der Waals surface area contributed by atoms with E-state index in [4.69, 9.17) is 4.74 Å². The van der Waals surface area contributed by atoms with Crippen LogP contribution in [0.3, 0.4) is 0 Å². The predicted octanol–water partition coefficient (Wildman–Crippen LogP) is 2.95. The highest BCUT2D eigenvalue weighted by atomic mass is 16.5. The number of nitrogens with one attached hydrogen (secondary N) is 1. The fourth-order valence-corrected chi connectivity index (χ4v) is 3.43. The first-order valence-corrected chi connectivity index (χ1v) is 9.68. The Kier molecular flexibility index (Phi) is 5.18. The maximum atomic E-state index is 12.5. The molecule has 0 aliphatic rings. The number of esters is 1. The van der Waals surface area contributed by atoms with Gasteiger partial charge in [0.15, 0.2) is 5.65 Å². The third-order valence-electron chi connectivity index (χ3n) is 4.87. The van der Waals surface area contributed by atoms with Crippen LogP contribution in [0.25, 0.3) is 16.9 Å². The van der Waals surface area contributed by atoms with Gasteiger partial charge < -0.3 is 10.1 Å². The number of fused-ring (bicyclic) bond motifs is 1. The molecular weight excluding hydrogens is 382 g/mol. The number of rotatable bonds is 6. The molecule has 0 aliphatic heterocycles. The van der Waals surface area contributed by atoms with Crippen molar-refractivity contribution in [2.24, 2.45) is 7.05 Å². The number of carbonyl (C=O) groups excluding carboxylic acids is 1. The van der Waals surface area contributed by atoms with Gasteiger partial charge in [-0.2, -0.15) is 5.10 Å². The first-order chi connectivity index (χ1) is 14.5. The van der Waals surface area contributed by atoms with E-state index in [1.165, 1.54) is 6.20 Å². The van der Waals surface area contributed by atoms with E-state index in [1.807, 2.05) is 43.8 Å². The maximum absolute atomic E-state index is 12.5. The molecule has 4 rings (SSSR count). The zero-order chi connectivity index (χ0) is 21.3. The van der Waals surface area contributed by atoms with Crippen LogP contribution in [0.4, 0.5) is 5.69 Å². The van der Waals surface area contributed by atoms with Gasteiger partial charge in [-0.3, -0.25) is 9.25 Å². The van der Waals surface area contributed by atoms with Crippen LogP contribution < -0.4 is 5.32 Å². The second-order valence-electron chi connectivity index (χ2n) is 6.90. The summed E-state index contributed by atoms with van der Waals surface area (Å²) in [6, 6.07) is 3.93. The van der Waals surface area contributed by atoms with Gasteiger partial charge in [0.05, 0.1) is 23.4 Å². The molecule has 0 spiro atoms. The van der Waals surface area contributed by atoms with Gasteiger partial charge in [-0.25, -0.2) is 19.7 Å². The molecule has 0 amide bonds. The lowest BCUT2D eigenvalue weighted by molar-refractivity contribution is 0.0527. The number of aromatic nitrogens is 6. The van der Waals surface area contributed by atoms with E-state index >= 15 is 0 Å². The molecule has 0 atom stereocenters. The van der Waals surface area contributed by atoms with Crippen molar-refractivity contribution in [3.05, 3.63) is 59.6 Å². The highest BCUT2D eigenvalue weighted by Crippen LogP contribution is 2.29. The molecule has 9 nitrogen and oxygen atoms in total. The van der Waals surface area contributed by atoms with Crippen molar-refractivity contribution in [3.8, 4) is 5.82 Å². The summed E-state index contributed by atoms with van der Waals surface area (Å²) >= 11 is 0. The van der Waals surface area contributed by atoms with E-state index in [-0.39, 0.29) is 0 Å². The molecule has 154 valence electrons. The van der Waals surface area contributed by atoms with Crippen molar-refractivity contribution in [1.29, 1.82) is 0 Å². The van der Waals surface area contributed by atoms with E-state index in [9.17, 15) is 4.79 Å². The number of carbonyl (C=O) groups is 1. The molecule has 4 aromatic rings. The molecule has 4 heterocycles. The Bertz CT molecular complexity index is 1210. The monoisotopic (exact) mass is 405 g/mol. The van der Waals surface area contributed by atoms with Crippen molar-refractivity contribution in [2.75, 3.05) is 11.9 Å². The Morgan fingerprint density at radius 3 is 2.67 bits per heavy atom. The minimum absolute atomic E-state index is 0.293. The summed E-state index contributed by atoms with van der Waals surface area (Å²) in [6.45, 7) is 6.38. The number of pyridine rings is 2. The molecule has 0 fully saturated rings. The molecule has 0 radical (unpaired) electrons. The lowest BCUT2D eigenvalue weighted by Gasteiger charge is -2.13. The molecule has 0 unspecified atom stereocenters. The second-order valence-corrected chi connectivity index (χ2v) is 6.90. The van der Waals surface area contributed by atoms with Crippen molar-refractivity contribution in [2.45, 2.75) is 27.3 Å². The molecule has 9 heteroatoms. The van der Waals surface area contributed by atoms with Crippen LogP contribution >= 0.6 is 0 Å². The number of nitrogens with zero attached hydrogens (tertiary/aromatic N) is 6. The standard InChI is InChI=1S/C21H23N7O2/c1-5-30-21(29)16-12-25-20-18(13(2)26-27(20)4)19(16)24-11-15-6-7-17(23-10-15)28-9-8-22-14(28)3/h6-10,12H,5,11H2,1-4H3,(H,24,25). The summed E-state index contributed by atoms with van der Waals surface area (Å²) in [7, 11) is 1.83. The van der Waals surface area contributed by atoms with Crippen LogP contribution in [-0.2, 0) is 18.3 Å². The quantitative estimate of drug-likeness (QED) is 0.492. The van der Waals surface area contributed by atoms with E-state index in [0.29, 0.717) is 30.0 Å². The first kappa shape index (κ1) is 19.6. The van der Waals surface area contributed by atoms with Gasteiger partial charge in [0, 0.05) is 38.4 Å². The molecule has 0 aromatic carbocycles. The summed E-state index contributed by atoms with van der Waals surface area (Å²) < 4.78 is 8.84. The average Bonchev–Trinajstić information content (AvgIpc) is 3.29. The lowest BCUT2D eigenvalue weighted by Crippen LogP contribution is -2.11. The van der Waals surface area contributed by atoms with Gasteiger partial charge in [-0.15, -0.1) is 0 Å². The van der Waals surface area contributed by atoms with Crippen LogP contribution in [-0.4, -0.2) is 41.9 Å². The summed E-state index contributed by atoms with van der Waals surface area (Å²) in [5.41, 5.74) is 3.51. The highest BCUT2D eigenvalue weighted by molar-refractivity contribution is 6.05. The Morgan fingerprint density at radius 2 is 2.00 bits per heavy atom. The third kappa shape index (κ3) is 3.49. The minimum Gasteiger partial charge on any atom is -0.462 e. The van der Waals surface area contributed by atoms with Crippen LogP contribution in [0.15, 0.2) is 36.9 Å². The fraction of sp³-hybridized carbons (Fsp3) is 0.286. The lowest BCUT2D eigenvalue weighted by atomic mass is 10.1. The maximum Gasteiger partial charge on any atom is 0.341 e. The van der Waals surface area contributed by atoms with E-state index in [0.717, 1.165) is 28.3 Å².